The molecule has 1 aromatic carbocycles. The molecular formula is C27H29ClN2O5. The molecule has 7 nitrogen and oxygen atoms in total. The summed E-state index contributed by atoms with van der Waals surface area (Å²) in [5.41, 5.74) is 3.04. The van der Waals surface area contributed by atoms with Gasteiger partial charge in [0.1, 0.15) is 5.75 Å². The molecule has 1 aliphatic heterocycles. The van der Waals surface area contributed by atoms with Crippen molar-refractivity contribution in [3.8, 4) is 5.75 Å². The molecule has 1 atom stereocenters. The second-order valence-electron chi connectivity index (χ2n) is 9.80. The number of hydrogen-bond acceptors (Lipinski definition) is 4. The zero-order valence-electron chi connectivity index (χ0n) is 19.4. The second-order valence-corrected chi connectivity index (χ2v) is 10.2. The Morgan fingerprint density at radius 2 is 1.80 bits per heavy atom. The van der Waals surface area contributed by atoms with E-state index < -0.39 is 5.97 Å². The topological polar surface area (TPSA) is 108 Å². The summed E-state index contributed by atoms with van der Waals surface area (Å²) in [5.74, 6) is -0.120. The van der Waals surface area contributed by atoms with E-state index in [1.165, 1.54) is 0 Å². The van der Waals surface area contributed by atoms with Crippen LogP contribution in [0.3, 0.4) is 0 Å². The van der Waals surface area contributed by atoms with E-state index in [0.717, 1.165) is 29.5 Å². The normalized spacial score (nSPS) is 24.8. The number of carbonyl (C=O) groups is 2. The van der Waals surface area contributed by atoms with E-state index in [1.54, 1.807) is 0 Å². The Morgan fingerprint density at radius 3 is 2.40 bits per heavy atom. The van der Waals surface area contributed by atoms with Gasteiger partial charge in [0.15, 0.2) is 0 Å². The maximum Gasteiger partial charge on any atom is 0.306 e. The molecule has 1 amide bonds. The Kier molecular flexibility index (Phi) is 6.69. The summed E-state index contributed by atoms with van der Waals surface area (Å²) in [4.78, 5) is 38.7. The number of carboxylic acids is 1. The molecule has 3 fully saturated rings. The Bertz CT molecular complexity index is 1220. The van der Waals surface area contributed by atoms with E-state index in [4.69, 9.17) is 16.3 Å². The highest BCUT2D eigenvalue weighted by atomic mass is 35.5. The minimum absolute atomic E-state index is 0.0163. The number of rotatable bonds is 7. The minimum Gasteiger partial charge on any atom is -0.489 e. The van der Waals surface area contributed by atoms with Crippen LogP contribution in [0.5, 0.6) is 5.75 Å². The number of aliphatic carboxylic acids is 1. The van der Waals surface area contributed by atoms with Gasteiger partial charge >= 0.3 is 5.97 Å². The first-order valence-corrected chi connectivity index (χ1v) is 12.7. The van der Waals surface area contributed by atoms with Gasteiger partial charge in [-0.15, -0.1) is 0 Å². The first-order valence-electron chi connectivity index (χ1n) is 12.3. The van der Waals surface area contributed by atoms with Crippen molar-refractivity contribution in [1.82, 2.24) is 10.3 Å². The van der Waals surface area contributed by atoms with Gasteiger partial charge in [0.25, 0.3) is 5.56 Å². The molecule has 1 saturated heterocycles. The fourth-order valence-electron chi connectivity index (χ4n) is 5.03. The van der Waals surface area contributed by atoms with Crippen LogP contribution in [0.2, 0.25) is 5.02 Å². The fourth-order valence-corrected chi connectivity index (χ4v) is 5.26. The van der Waals surface area contributed by atoms with Crippen LogP contribution in [-0.2, 0) is 9.59 Å². The lowest BCUT2D eigenvalue weighted by atomic mass is 9.87. The average Bonchev–Trinajstić information content (AvgIpc) is 3.60. The monoisotopic (exact) mass is 496 g/mol. The van der Waals surface area contributed by atoms with Gasteiger partial charge in [-0.25, -0.2) is 0 Å². The molecule has 5 rings (SSSR count). The summed E-state index contributed by atoms with van der Waals surface area (Å²) < 4.78 is 6.11. The highest BCUT2D eigenvalue weighted by Crippen LogP contribution is 2.39. The number of benzene rings is 1. The van der Waals surface area contributed by atoms with Crippen LogP contribution in [0.25, 0.3) is 5.57 Å². The Hall–Kier alpha value is -3.06. The number of aromatic nitrogens is 1. The molecule has 0 unspecified atom stereocenters. The number of hydrogen-bond donors (Lipinski definition) is 3. The van der Waals surface area contributed by atoms with Gasteiger partial charge in [0.2, 0.25) is 5.91 Å². The third-order valence-corrected chi connectivity index (χ3v) is 7.50. The van der Waals surface area contributed by atoms with Gasteiger partial charge in [-0.05, 0) is 74.6 Å². The summed E-state index contributed by atoms with van der Waals surface area (Å²) in [7, 11) is 0. The van der Waals surface area contributed by atoms with Crippen LogP contribution in [0.1, 0.15) is 74.1 Å². The molecule has 8 heteroatoms. The third kappa shape index (κ3) is 5.45. The molecule has 2 saturated carbocycles. The molecule has 3 aliphatic rings. The minimum atomic E-state index is -0.744. The van der Waals surface area contributed by atoms with Gasteiger partial charge in [-0.2, -0.15) is 0 Å². The maximum atomic E-state index is 12.7. The third-order valence-electron chi connectivity index (χ3n) is 7.20. The summed E-state index contributed by atoms with van der Waals surface area (Å²) >= 11 is 6.62. The molecule has 0 spiro atoms. The lowest BCUT2D eigenvalue weighted by Gasteiger charge is -2.27. The number of carbonyl (C=O) groups excluding carboxylic acids is 1. The number of H-pyrrole nitrogens is 1. The summed E-state index contributed by atoms with van der Waals surface area (Å²) in [6, 6.07) is 9.24. The summed E-state index contributed by atoms with van der Waals surface area (Å²) in [6.07, 6.45) is 7.73. The van der Waals surface area contributed by atoms with Crippen LogP contribution < -0.4 is 15.6 Å². The van der Waals surface area contributed by atoms with E-state index in [-0.39, 0.29) is 29.5 Å². The van der Waals surface area contributed by atoms with E-state index in [2.05, 4.69) is 10.3 Å². The van der Waals surface area contributed by atoms with Gasteiger partial charge in [-0.3, -0.25) is 14.4 Å². The van der Waals surface area contributed by atoms with Crippen LogP contribution >= 0.6 is 11.6 Å². The van der Waals surface area contributed by atoms with Crippen molar-refractivity contribution in [1.29, 1.82) is 0 Å². The summed E-state index contributed by atoms with van der Waals surface area (Å²) in [6.45, 7) is 0. The van der Waals surface area contributed by atoms with Crippen LogP contribution in [0.4, 0.5) is 0 Å². The lowest BCUT2D eigenvalue weighted by Crippen LogP contribution is -2.27. The van der Waals surface area contributed by atoms with Crippen molar-refractivity contribution in [3.63, 3.8) is 0 Å². The molecule has 1 aromatic heterocycles. The zero-order chi connectivity index (χ0) is 24.5. The van der Waals surface area contributed by atoms with Crippen molar-refractivity contribution in [3.05, 3.63) is 68.6 Å². The quantitative estimate of drug-likeness (QED) is 0.517. The molecule has 2 heterocycles. The standard InChI is InChI=1S/C27H29ClN2O5/c28-22-13-17(5-11-24(22)35-19-7-3-16(4-8-19)27(33)34)21(14-18-6-12-25(31)29-18)23-10-9-20(15-1-2-15)26(32)30-23/h5,9-11,13-16,18-19H,1-4,6-8,12H2,(H,29,31)(H,30,32)(H,33,34)/b21-14+/t16?,18-,19?/m1/s1. The van der Waals surface area contributed by atoms with Crippen LogP contribution in [-0.4, -0.2) is 34.1 Å². The molecular weight excluding hydrogens is 468 g/mol. The number of carboxylic acid groups (broad SMARTS) is 1. The SMILES string of the molecule is O=C1CC[C@H](/C=C(\c2ccc(OC3CCC(C(=O)O)CC3)c(Cl)c2)c2ccc(C3CC3)c(=O)[nH]2)N1. The number of pyridine rings is 1. The van der Waals surface area contributed by atoms with Crippen molar-refractivity contribution in [2.24, 2.45) is 5.92 Å². The van der Waals surface area contributed by atoms with Crippen LogP contribution in [0, 0.1) is 5.92 Å². The Balaban J connectivity index is 1.40. The number of amides is 1. The van der Waals surface area contributed by atoms with Gasteiger partial charge in [0, 0.05) is 29.3 Å². The summed E-state index contributed by atoms with van der Waals surface area (Å²) in [5, 5.41) is 12.6. The largest absolute Gasteiger partial charge is 0.489 e. The Morgan fingerprint density at radius 1 is 1.03 bits per heavy atom. The number of nitrogens with one attached hydrogen (secondary N) is 2. The highest BCUT2D eigenvalue weighted by Gasteiger charge is 2.28. The average molecular weight is 497 g/mol. The molecule has 35 heavy (non-hydrogen) atoms. The molecule has 184 valence electrons. The molecule has 2 aromatic rings. The Labute approximate surface area is 208 Å². The predicted molar refractivity (Wildman–Crippen MR) is 133 cm³/mol. The van der Waals surface area contributed by atoms with Crippen molar-refractivity contribution in [2.45, 2.75) is 69.4 Å². The van der Waals surface area contributed by atoms with E-state index in [1.807, 2.05) is 36.4 Å². The molecule has 2 aliphatic carbocycles. The van der Waals surface area contributed by atoms with E-state index >= 15 is 0 Å². The zero-order valence-corrected chi connectivity index (χ0v) is 20.1. The number of halogens is 1. The maximum absolute atomic E-state index is 12.7. The van der Waals surface area contributed by atoms with Gasteiger partial charge in [-0.1, -0.05) is 29.8 Å². The molecule has 0 bridgehead atoms. The van der Waals surface area contributed by atoms with Crippen molar-refractivity contribution < 1.29 is 19.4 Å². The second kappa shape index (κ2) is 9.90. The van der Waals surface area contributed by atoms with Gasteiger partial charge < -0.3 is 20.1 Å². The number of ether oxygens (including phenoxy) is 1. The van der Waals surface area contributed by atoms with E-state index in [0.29, 0.717) is 60.9 Å². The van der Waals surface area contributed by atoms with Gasteiger partial charge in [0.05, 0.1) is 17.0 Å². The molecule has 3 N–H and O–H groups in total. The first kappa shape index (κ1) is 23.7. The predicted octanol–water partition coefficient (Wildman–Crippen LogP) is 4.64. The first-order chi connectivity index (χ1) is 16.9. The number of aromatic amines is 1. The van der Waals surface area contributed by atoms with E-state index in [9.17, 15) is 19.5 Å². The fraction of sp³-hybridized carbons (Fsp3) is 0.444. The molecule has 0 radical (unpaired) electrons. The highest BCUT2D eigenvalue weighted by molar-refractivity contribution is 6.32. The smallest absolute Gasteiger partial charge is 0.306 e. The van der Waals surface area contributed by atoms with Crippen molar-refractivity contribution in [2.75, 3.05) is 0 Å². The van der Waals surface area contributed by atoms with Crippen molar-refractivity contribution >= 4 is 29.1 Å². The lowest BCUT2D eigenvalue weighted by molar-refractivity contribution is -0.143. The van der Waals surface area contributed by atoms with Crippen LogP contribution in [0.15, 0.2) is 41.2 Å².